The number of nitrogens with one attached hydrogen (secondary N) is 1. The number of benzene rings is 1. The van der Waals surface area contributed by atoms with Gasteiger partial charge in [0.1, 0.15) is 0 Å². The van der Waals surface area contributed by atoms with E-state index in [2.05, 4.69) is 23.4 Å². The molecule has 0 fully saturated rings. The summed E-state index contributed by atoms with van der Waals surface area (Å²) >= 11 is 11.3. The Kier molecular flexibility index (Phi) is 5.02. The van der Waals surface area contributed by atoms with Gasteiger partial charge in [-0.1, -0.05) is 25.4 Å². The van der Waals surface area contributed by atoms with Crippen LogP contribution in [0, 0.1) is 10.7 Å². The molecule has 0 amide bonds. The van der Waals surface area contributed by atoms with E-state index in [-0.39, 0.29) is 0 Å². The van der Waals surface area contributed by atoms with Crippen LogP contribution in [-0.2, 0) is 11.3 Å². The van der Waals surface area contributed by atoms with Crippen LogP contribution < -0.4 is 0 Å². The van der Waals surface area contributed by atoms with Gasteiger partial charge in [0.2, 0.25) is 0 Å². The molecule has 1 N–H and O–H groups in total. The van der Waals surface area contributed by atoms with Crippen molar-refractivity contribution in [3.8, 4) is 0 Å². The van der Waals surface area contributed by atoms with E-state index in [4.69, 9.17) is 28.6 Å². The number of nitrogens with zero attached hydrogens (tertiary/aromatic N) is 1. The van der Waals surface area contributed by atoms with E-state index in [0.29, 0.717) is 22.3 Å². The third kappa shape index (κ3) is 3.81. The number of hydrogen-bond acceptors (Lipinski definition) is 2. The molecule has 0 spiro atoms. The summed E-state index contributed by atoms with van der Waals surface area (Å²) in [6.07, 6.45) is 1.09. The molecule has 0 aliphatic rings. The smallest absolute Gasteiger partial charge is 0.178 e. The van der Waals surface area contributed by atoms with Gasteiger partial charge in [-0.3, -0.25) is 0 Å². The second-order valence-corrected chi connectivity index (χ2v) is 5.86. The predicted molar refractivity (Wildman–Crippen MR) is 82.4 cm³/mol. The van der Waals surface area contributed by atoms with Crippen LogP contribution >= 0.6 is 23.8 Å². The molecule has 0 saturated heterocycles. The first-order valence-electron chi connectivity index (χ1n) is 6.53. The maximum absolute atomic E-state index is 5.97. The van der Waals surface area contributed by atoms with Crippen LogP contribution in [0.25, 0.3) is 11.0 Å². The van der Waals surface area contributed by atoms with Crippen molar-refractivity contribution in [3.05, 3.63) is 28.0 Å². The van der Waals surface area contributed by atoms with Crippen molar-refractivity contribution in [2.45, 2.75) is 26.8 Å². The van der Waals surface area contributed by atoms with Gasteiger partial charge in [-0.2, -0.15) is 0 Å². The number of H-pyrrole nitrogens is 1. The molecule has 1 aromatic heterocycles. The molecule has 0 atom stereocenters. The van der Waals surface area contributed by atoms with Gasteiger partial charge in [0.05, 0.1) is 17.6 Å². The van der Waals surface area contributed by atoms with Crippen molar-refractivity contribution in [1.29, 1.82) is 0 Å². The SMILES string of the molecule is CC(C)CCOCCn1c(=S)[nH]c2cc(Cl)ccc21. The maximum Gasteiger partial charge on any atom is 0.178 e. The Balaban J connectivity index is 2.00. The lowest BCUT2D eigenvalue weighted by atomic mass is 10.1. The molecule has 1 aromatic carbocycles. The highest BCUT2D eigenvalue weighted by atomic mass is 35.5. The zero-order valence-corrected chi connectivity index (χ0v) is 12.9. The molecule has 0 saturated carbocycles. The summed E-state index contributed by atoms with van der Waals surface area (Å²) in [5.74, 6) is 0.678. The van der Waals surface area contributed by atoms with Crippen molar-refractivity contribution in [2.75, 3.05) is 13.2 Å². The number of aromatic nitrogens is 2. The molecule has 2 aromatic rings. The zero-order chi connectivity index (χ0) is 13.8. The number of rotatable bonds is 6. The Bertz CT molecular complexity index is 603. The Hall–Kier alpha value is -0.840. The van der Waals surface area contributed by atoms with Crippen molar-refractivity contribution >= 4 is 34.9 Å². The minimum atomic E-state index is 0.677. The molecule has 5 heteroatoms. The first-order valence-corrected chi connectivity index (χ1v) is 7.32. The summed E-state index contributed by atoms with van der Waals surface area (Å²) in [5, 5.41) is 0.712. The van der Waals surface area contributed by atoms with E-state index in [1.54, 1.807) is 0 Å². The third-order valence-electron chi connectivity index (χ3n) is 3.03. The second-order valence-electron chi connectivity index (χ2n) is 5.04. The van der Waals surface area contributed by atoms with E-state index in [1.807, 2.05) is 18.2 Å². The molecule has 1 heterocycles. The maximum atomic E-state index is 5.97. The number of halogens is 1. The Morgan fingerprint density at radius 1 is 1.37 bits per heavy atom. The molecule has 0 aliphatic heterocycles. The molecule has 0 aliphatic carbocycles. The first-order chi connectivity index (χ1) is 9.08. The van der Waals surface area contributed by atoms with Gasteiger partial charge >= 0.3 is 0 Å². The van der Waals surface area contributed by atoms with Crippen LogP contribution in [0.1, 0.15) is 20.3 Å². The molecule has 0 radical (unpaired) electrons. The van der Waals surface area contributed by atoms with Crippen molar-refractivity contribution in [2.24, 2.45) is 5.92 Å². The van der Waals surface area contributed by atoms with E-state index in [0.717, 1.165) is 30.6 Å². The van der Waals surface area contributed by atoms with Crippen LogP contribution in [0.2, 0.25) is 5.02 Å². The van der Waals surface area contributed by atoms with Crippen molar-refractivity contribution < 1.29 is 4.74 Å². The van der Waals surface area contributed by atoms with E-state index in [9.17, 15) is 0 Å². The molecule has 3 nitrogen and oxygen atoms in total. The van der Waals surface area contributed by atoms with Crippen molar-refractivity contribution in [1.82, 2.24) is 9.55 Å². The average molecular weight is 299 g/mol. The standard InChI is InChI=1S/C14H19ClN2OS/c1-10(2)5-7-18-8-6-17-13-4-3-11(15)9-12(13)16-14(17)19/h3-4,9-10H,5-8H2,1-2H3,(H,16,19). The Labute approximate surface area is 123 Å². The lowest BCUT2D eigenvalue weighted by Crippen LogP contribution is -2.08. The highest BCUT2D eigenvalue weighted by Gasteiger charge is 2.04. The number of aromatic amines is 1. The summed E-state index contributed by atoms with van der Waals surface area (Å²) < 4.78 is 8.40. The monoisotopic (exact) mass is 298 g/mol. The summed E-state index contributed by atoms with van der Waals surface area (Å²) in [6.45, 7) is 6.64. The van der Waals surface area contributed by atoms with Crippen LogP contribution in [-0.4, -0.2) is 22.8 Å². The fourth-order valence-corrected chi connectivity index (χ4v) is 2.41. The second kappa shape index (κ2) is 6.55. The van der Waals surface area contributed by atoms with Crippen LogP contribution in [0.15, 0.2) is 18.2 Å². The molecular formula is C14H19ClN2OS. The van der Waals surface area contributed by atoms with Crippen LogP contribution in [0.4, 0.5) is 0 Å². The van der Waals surface area contributed by atoms with Crippen LogP contribution in [0.3, 0.4) is 0 Å². The topological polar surface area (TPSA) is 29.9 Å². The number of ether oxygens (including phenoxy) is 1. The van der Waals surface area contributed by atoms with Gasteiger partial charge in [0.15, 0.2) is 4.77 Å². The third-order valence-corrected chi connectivity index (χ3v) is 3.59. The molecule has 2 rings (SSSR count). The molecular weight excluding hydrogens is 280 g/mol. The fourth-order valence-electron chi connectivity index (χ4n) is 1.93. The summed E-state index contributed by atoms with van der Waals surface area (Å²) in [4.78, 5) is 3.16. The van der Waals surface area contributed by atoms with Gasteiger partial charge < -0.3 is 14.3 Å². The van der Waals surface area contributed by atoms with Gasteiger partial charge in [-0.05, 0) is 42.8 Å². The highest BCUT2D eigenvalue weighted by Crippen LogP contribution is 2.19. The molecule has 0 bridgehead atoms. The predicted octanol–water partition coefficient (Wildman–Crippen LogP) is 4.41. The first kappa shape index (κ1) is 14.6. The minimum Gasteiger partial charge on any atom is -0.380 e. The fraction of sp³-hybridized carbons (Fsp3) is 0.500. The van der Waals surface area contributed by atoms with Gasteiger partial charge in [0.25, 0.3) is 0 Å². The van der Waals surface area contributed by atoms with Gasteiger partial charge in [0, 0.05) is 18.2 Å². The number of hydrogen-bond donors (Lipinski definition) is 1. The van der Waals surface area contributed by atoms with Gasteiger partial charge in [-0.15, -0.1) is 0 Å². The minimum absolute atomic E-state index is 0.677. The van der Waals surface area contributed by atoms with Gasteiger partial charge in [-0.25, -0.2) is 0 Å². The lowest BCUT2D eigenvalue weighted by molar-refractivity contribution is 0.116. The Morgan fingerprint density at radius 3 is 2.89 bits per heavy atom. The Morgan fingerprint density at radius 2 is 2.16 bits per heavy atom. The largest absolute Gasteiger partial charge is 0.380 e. The molecule has 19 heavy (non-hydrogen) atoms. The van der Waals surface area contributed by atoms with E-state index >= 15 is 0 Å². The number of fused-ring (bicyclic) bond motifs is 1. The summed E-state index contributed by atoms with van der Waals surface area (Å²) in [6, 6.07) is 5.75. The van der Waals surface area contributed by atoms with Crippen LogP contribution in [0.5, 0.6) is 0 Å². The quantitative estimate of drug-likeness (QED) is 0.632. The normalized spacial score (nSPS) is 11.6. The summed E-state index contributed by atoms with van der Waals surface area (Å²) in [5.41, 5.74) is 2.04. The lowest BCUT2D eigenvalue weighted by Gasteiger charge is -2.07. The zero-order valence-electron chi connectivity index (χ0n) is 11.3. The van der Waals surface area contributed by atoms with E-state index < -0.39 is 0 Å². The highest BCUT2D eigenvalue weighted by molar-refractivity contribution is 7.71. The molecule has 104 valence electrons. The molecule has 0 unspecified atom stereocenters. The summed E-state index contributed by atoms with van der Waals surface area (Å²) in [7, 11) is 0. The number of imidazole rings is 1. The van der Waals surface area contributed by atoms with E-state index in [1.165, 1.54) is 0 Å². The van der Waals surface area contributed by atoms with Crippen molar-refractivity contribution in [3.63, 3.8) is 0 Å². The average Bonchev–Trinajstić information content (AvgIpc) is 2.64.